The molecule has 0 aliphatic heterocycles. The standard InChI is InChI=1S/C57H38N2/c1-35-12-9-13-36-24-25-38-15-11-21-49(56(38)52(35)36)48-20-10-14-37-28-31-41-34-42(32-33-43(41)53(37)48)55-46-18-5-3-16-44(46)54(45-17-4-6-19-47(45)55)39-26-29-40(30-27-39)57-58-50-22-7-8-23-51(50)59(57)2/h3-34H,1-2H3. The Labute approximate surface area is 342 Å². The fraction of sp³-hybridized carbons (Fsp3) is 0.0351. The molecule has 11 aromatic carbocycles. The molecular formula is C57H38N2. The van der Waals surface area contributed by atoms with Gasteiger partial charge in [-0.2, -0.15) is 0 Å². The van der Waals surface area contributed by atoms with E-state index >= 15 is 0 Å². The number of aryl methyl sites for hydroxylation is 2. The van der Waals surface area contributed by atoms with Crippen LogP contribution < -0.4 is 0 Å². The fourth-order valence-electron chi connectivity index (χ4n) is 10.0. The first-order valence-corrected chi connectivity index (χ1v) is 20.4. The zero-order chi connectivity index (χ0) is 39.2. The van der Waals surface area contributed by atoms with Gasteiger partial charge in [-0.25, -0.2) is 4.98 Å². The molecule has 0 amide bonds. The first-order valence-electron chi connectivity index (χ1n) is 20.4. The van der Waals surface area contributed by atoms with E-state index in [1.54, 1.807) is 0 Å². The first-order chi connectivity index (χ1) is 29.1. The maximum absolute atomic E-state index is 4.98. The van der Waals surface area contributed by atoms with Gasteiger partial charge in [0, 0.05) is 12.6 Å². The van der Waals surface area contributed by atoms with Crippen LogP contribution in [0.3, 0.4) is 0 Å². The molecule has 0 aliphatic rings. The minimum atomic E-state index is 0.972. The highest BCUT2D eigenvalue weighted by atomic mass is 15.1. The van der Waals surface area contributed by atoms with E-state index in [4.69, 9.17) is 4.98 Å². The minimum absolute atomic E-state index is 0.972. The van der Waals surface area contributed by atoms with Crippen molar-refractivity contribution in [2.45, 2.75) is 6.92 Å². The lowest BCUT2D eigenvalue weighted by Crippen LogP contribution is -1.93. The first kappa shape index (κ1) is 33.6. The highest BCUT2D eigenvalue weighted by Gasteiger charge is 2.19. The van der Waals surface area contributed by atoms with Gasteiger partial charge in [0.05, 0.1) is 11.0 Å². The van der Waals surface area contributed by atoms with Crippen molar-refractivity contribution >= 4 is 75.7 Å². The third kappa shape index (κ3) is 5.10. The predicted molar refractivity (Wildman–Crippen MR) is 252 cm³/mol. The molecule has 2 nitrogen and oxygen atoms in total. The molecule has 1 aromatic heterocycles. The highest BCUT2D eigenvalue weighted by molar-refractivity contribution is 6.24. The van der Waals surface area contributed by atoms with Gasteiger partial charge < -0.3 is 4.57 Å². The molecule has 0 N–H and O–H groups in total. The summed E-state index contributed by atoms with van der Waals surface area (Å²) in [5, 5.41) is 15.2. The average Bonchev–Trinajstić information content (AvgIpc) is 3.63. The van der Waals surface area contributed by atoms with Crippen LogP contribution in [0.2, 0.25) is 0 Å². The molecule has 59 heavy (non-hydrogen) atoms. The van der Waals surface area contributed by atoms with Crippen LogP contribution in [0.5, 0.6) is 0 Å². The molecule has 0 bridgehead atoms. The average molecular weight is 751 g/mol. The van der Waals surface area contributed by atoms with Crippen molar-refractivity contribution in [2.24, 2.45) is 7.05 Å². The lowest BCUT2D eigenvalue weighted by atomic mass is 9.84. The van der Waals surface area contributed by atoms with E-state index in [-0.39, 0.29) is 0 Å². The van der Waals surface area contributed by atoms with Crippen LogP contribution >= 0.6 is 0 Å². The normalized spacial score (nSPS) is 11.9. The van der Waals surface area contributed by atoms with E-state index in [9.17, 15) is 0 Å². The van der Waals surface area contributed by atoms with Crippen LogP contribution in [0.25, 0.3) is 120 Å². The number of hydrogen-bond donors (Lipinski definition) is 0. The Hall–Kier alpha value is -7.55. The summed E-state index contributed by atoms with van der Waals surface area (Å²) in [6.07, 6.45) is 0. The Morgan fingerprint density at radius 1 is 0.373 bits per heavy atom. The maximum atomic E-state index is 4.98. The van der Waals surface area contributed by atoms with Crippen molar-refractivity contribution in [1.29, 1.82) is 0 Å². The van der Waals surface area contributed by atoms with Gasteiger partial charge in [0.15, 0.2) is 0 Å². The Balaban J connectivity index is 1.04. The van der Waals surface area contributed by atoms with Crippen molar-refractivity contribution in [3.63, 3.8) is 0 Å². The van der Waals surface area contributed by atoms with E-state index in [0.29, 0.717) is 0 Å². The van der Waals surface area contributed by atoms with Crippen molar-refractivity contribution in [3.05, 3.63) is 200 Å². The van der Waals surface area contributed by atoms with E-state index in [0.717, 1.165) is 22.4 Å². The molecule has 0 saturated carbocycles. The van der Waals surface area contributed by atoms with Crippen LogP contribution in [0, 0.1) is 6.92 Å². The summed E-state index contributed by atoms with van der Waals surface area (Å²) in [7, 11) is 2.10. The molecule has 12 rings (SSSR count). The van der Waals surface area contributed by atoms with Crippen molar-refractivity contribution in [3.8, 4) is 44.8 Å². The largest absolute Gasteiger partial charge is 0.327 e. The van der Waals surface area contributed by atoms with Gasteiger partial charge in [0.2, 0.25) is 0 Å². The number of hydrogen-bond acceptors (Lipinski definition) is 1. The van der Waals surface area contributed by atoms with Gasteiger partial charge >= 0.3 is 0 Å². The van der Waals surface area contributed by atoms with Gasteiger partial charge in [-0.3, -0.25) is 0 Å². The van der Waals surface area contributed by atoms with Crippen LogP contribution in [0.1, 0.15) is 5.56 Å². The monoisotopic (exact) mass is 750 g/mol. The number of fused-ring (bicyclic) bond motifs is 9. The smallest absolute Gasteiger partial charge is 0.140 e. The van der Waals surface area contributed by atoms with E-state index < -0.39 is 0 Å². The minimum Gasteiger partial charge on any atom is -0.327 e. The number of para-hydroxylation sites is 2. The summed E-state index contributed by atoms with van der Waals surface area (Å²) in [4.78, 5) is 4.98. The predicted octanol–water partition coefficient (Wildman–Crippen LogP) is 15.5. The summed E-state index contributed by atoms with van der Waals surface area (Å²) in [5.74, 6) is 0.972. The maximum Gasteiger partial charge on any atom is 0.140 e. The second-order valence-corrected chi connectivity index (χ2v) is 15.9. The number of benzene rings is 11. The topological polar surface area (TPSA) is 17.8 Å². The Bertz CT molecular complexity index is 3620. The Morgan fingerprint density at radius 2 is 0.881 bits per heavy atom. The van der Waals surface area contributed by atoms with Crippen LogP contribution in [0.15, 0.2) is 194 Å². The Morgan fingerprint density at radius 3 is 1.54 bits per heavy atom. The van der Waals surface area contributed by atoms with Crippen LogP contribution in [-0.2, 0) is 7.05 Å². The molecule has 0 radical (unpaired) electrons. The zero-order valence-corrected chi connectivity index (χ0v) is 32.9. The van der Waals surface area contributed by atoms with Gasteiger partial charge in [0.25, 0.3) is 0 Å². The number of imidazole rings is 1. The van der Waals surface area contributed by atoms with E-state index in [2.05, 4.69) is 207 Å². The summed E-state index contributed by atoms with van der Waals surface area (Å²) < 4.78 is 2.18. The molecule has 0 fully saturated rings. The molecular weight excluding hydrogens is 713 g/mol. The molecule has 0 atom stereocenters. The van der Waals surface area contributed by atoms with Gasteiger partial charge in [-0.1, -0.05) is 176 Å². The lowest BCUT2D eigenvalue weighted by molar-refractivity contribution is 0.959. The number of rotatable bonds is 4. The SMILES string of the molecule is Cc1cccc2ccc3cccc(-c4cccc5ccc6cc(-c7c8ccccc8c(-c8ccc(-c9nc%10ccccc%10n9C)cc8)c8ccccc78)ccc6c45)c3c12. The summed E-state index contributed by atoms with van der Waals surface area (Å²) in [6, 6.07) is 71.6. The van der Waals surface area contributed by atoms with Crippen molar-refractivity contribution < 1.29 is 0 Å². The van der Waals surface area contributed by atoms with E-state index in [1.165, 1.54) is 104 Å². The summed E-state index contributed by atoms with van der Waals surface area (Å²) in [5.41, 5.74) is 12.0. The summed E-state index contributed by atoms with van der Waals surface area (Å²) in [6.45, 7) is 2.24. The molecule has 0 spiro atoms. The number of aromatic nitrogens is 2. The van der Waals surface area contributed by atoms with Crippen molar-refractivity contribution in [1.82, 2.24) is 9.55 Å². The molecule has 0 saturated heterocycles. The molecule has 0 unspecified atom stereocenters. The Kier molecular flexibility index (Phi) is 7.39. The van der Waals surface area contributed by atoms with Crippen LogP contribution in [0.4, 0.5) is 0 Å². The molecule has 12 aromatic rings. The second-order valence-electron chi connectivity index (χ2n) is 15.9. The zero-order valence-electron chi connectivity index (χ0n) is 32.9. The van der Waals surface area contributed by atoms with Gasteiger partial charge in [-0.15, -0.1) is 0 Å². The molecule has 0 aliphatic carbocycles. The summed E-state index contributed by atoms with van der Waals surface area (Å²) >= 11 is 0. The lowest BCUT2D eigenvalue weighted by Gasteiger charge is -2.19. The highest BCUT2D eigenvalue weighted by Crippen LogP contribution is 2.46. The third-order valence-electron chi connectivity index (χ3n) is 12.7. The van der Waals surface area contributed by atoms with Crippen LogP contribution in [-0.4, -0.2) is 9.55 Å². The number of nitrogens with zero attached hydrogens (tertiary/aromatic N) is 2. The third-order valence-corrected chi connectivity index (χ3v) is 12.7. The van der Waals surface area contributed by atoms with Gasteiger partial charge in [-0.05, 0) is 129 Å². The van der Waals surface area contributed by atoms with Crippen molar-refractivity contribution in [2.75, 3.05) is 0 Å². The molecule has 1 heterocycles. The molecule has 276 valence electrons. The fourth-order valence-corrected chi connectivity index (χ4v) is 10.0. The molecule has 2 heteroatoms. The van der Waals surface area contributed by atoms with Gasteiger partial charge in [0.1, 0.15) is 5.82 Å². The quantitative estimate of drug-likeness (QED) is 0.129. The van der Waals surface area contributed by atoms with E-state index in [1.807, 2.05) is 6.07 Å². The second kappa shape index (κ2) is 13.0.